The lowest BCUT2D eigenvalue weighted by Gasteiger charge is -2.20. The van der Waals surface area contributed by atoms with E-state index in [1.165, 1.54) is 35.0 Å². The van der Waals surface area contributed by atoms with E-state index in [1.54, 1.807) is 32.0 Å². The lowest BCUT2D eigenvalue weighted by molar-refractivity contribution is 0.0473. The number of carbonyl (C=O) groups excluding carboxylic acids is 4. The molecule has 0 atom stereocenters. The number of phenolic OH excluding ortho intramolecular Hbond substituents is 2. The van der Waals surface area contributed by atoms with Gasteiger partial charge in [0.2, 0.25) is 5.78 Å². The molecule has 0 spiro atoms. The predicted molar refractivity (Wildman–Crippen MR) is 142 cm³/mol. The number of benzene rings is 3. The van der Waals surface area contributed by atoms with Crippen LogP contribution in [-0.4, -0.2) is 56.7 Å². The molecule has 1 aromatic heterocycles. The highest BCUT2D eigenvalue weighted by Gasteiger charge is 2.37. The van der Waals surface area contributed by atoms with Crippen molar-refractivity contribution in [3.05, 3.63) is 93.7 Å². The molecule has 0 bridgehead atoms. The average molecular weight is 541 g/mol. The molecule has 202 valence electrons. The van der Waals surface area contributed by atoms with Gasteiger partial charge in [-0.2, -0.15) is 5.10 Å². The van der Waals surface area contributed by atoms with Gasteiger partial charge in [-0.05, 0) is 56.7 Å². The van der Waals surface area contributed by atoms with Gasteiger partial charge >= 0.3 is 11.9 Å². The van der Waals surface area contributed by atoms with Crippen molar-refractivity contribution in [2.24, 2.45) is 0 Å². The van der Waals surface area contributed by atoms with E-state index in [-0.39, 0.29) is 63.7 Å². The molecule has 0 radical (unpaired) electrons. The Kier molecular flexibility index (Phi) is 6.68. The van der Waals surface area contributed by atoms with Gasteiger partial charge in [-0.25, -0.2) is 14.3 Å². The van der Waals surface area contributed by atoms with Crippen molar-refractivity contribution >= 4 is 23.5 Å². The van der Waals surface area contributed by atoms with E-state index in [2.05, 4.69) is 5.10 Å². The number of ether oxygens (including phenoxy) is 2. The maximum atomic E-state index is 13.4. The van der Waals surface area contributed by atoms with Crippen molar-refractivity contribution in [1.82, 2.24) is 9.78 Å². The molecule has 1 heterocycles. The quantitative estimate of drug-likeness (QED) is 0.300. The van der Waals surface area contributed by atoms with Crippen LogP contribution in [0, 0.1) is 6.92 Å². The Morgan fingerprint density at radius 1 is 0.825 bits per heavy atom. The first-order valence-electron chi connectivity index (χ1n) is 12.5. The fourth-order valence-corrected chi connectivity index (χ4v) is 4.77. The van der Waals surface area contributed by atoms with Crippen LogP contribution in [0.1, 0.15) is 72.1 Å². The number of aromatic nitrogens is 2. The third kappa shape index (κ3) is 4.19. The first-order chi connectivity index (χ1) is 19.2. The molecule has 0 amide bonds. The van der Waals surface area contributed by atoms with E-state index < -0.39 is 29.3 Å². The summed E-state index contributed by atoms with van der Waals surface area (Å²) in [7, 11) is 0. The number of hydrogen-bond donors (Lipinski definition) is 2. The maximum Gasteiger partial charge on any atom is 0.357 e. The number of nitrogens with zero attached hydrogens (tertiary/aromatic N) is 2. The van der Waals surface area contributed by atoms with Crippen LogP contribution in [0.25, 0.3) is 16.9 Å². The summed E-state index contributed by atoms with van der Waals surface area (Å²) in [5, 5.41) is 25.8. The summed E-state index contributed by atoms with van der Waals surface area (Å²) in [6.07, 6.45) is 0. The Morgan fingerprint density at radius 2 is 1.50 bits per heavy atom. The van der Waals surface area contributed by atoms with E-state index >= 15 is 0 Å². The number of hydrogen-bond acceptors (Lipinski definition) is 9. The van der Waals surface area contributed by atoms with E-state index in [9.17, 15) is 29.4 Å². The predicted octanol–water partition coefficient (Wildman–Crippen LogP) is 4.39. The van der Waals surface area contributed by atoms with Crippen molar-refractivity contribution in [2.45, 2.75) is 20.8 Å². The van der Waals surface area contributed by atoms with Gasteiger partial charge in [0.05, 0.1) is 30.0 Å². The third-order valence-corrected chi connectivity index (χ3v) is 6.46. The Balaban J connectivity index is 1.80. The number of esters is 2. The number of phenols is 2. The second kappa shape index (κ2) is 10.1. The zero-order valence-corrected chi connectivity index (χ0v) is 21.8. The summed E-state index contributed by atoms with van der Waals surface area (Å²) in [5.41, 5.74) is 0.242. The Labute approximate surface area is 228 Å². The minimum Gasteiger partial charge on any atom is -0.507 e. The van der Waals surface area contributed by atoms with E-state index in [4.69, 9.17) is 9.47 Å². The maximum absolute atomic E-state index is 13.4. The Bertz CT molecular complexity index is 1730. The summed E-state index contributed by atoms with van der Waals surface area (Å²) >= 11 is 0. The molecule has 0 fully saturated rings. The van der Waals surface area contributed by atoms with Crippen molar-refractivity contribution in [2.75, 3.05) is 13.2 Å². The van der Waals surface area contributed by atoms with Crippen molar-refractivity contribution in [3.63, 3.8) is 0 Å². The molecule has 0 saturated carbocycles. The second-order valence-corrected chi connectivity index (χ2v) is 9.04. The minimum atomic E-state index is -0.866. The average Bonchev–Trinajstić information content (AvgIpc) is 3.33. The van der Waals surface area contributed by atoms with Gasteiger partial charge in [0.25, 0.3) is 0 Å². The first-order valence-corrected chi connectivity index (χ1v) is 12.5. The van der Waals surface area contributed by atoms with Gasteiger partial charge in [0.1, 0.15) is 22.8 Å². The van der Waals surface area contributed by atoms with Crippen molar-refractivity contribution in [3.8, 4) is 28.4 Å². The number of aromatic hydroxyl groups is 2. The van der Waals surface area contributed by atoms with Gasteiger partial charge in [0.15, 0.2) is 11.5 Å². The van der Waals surface area contributed by atoms with Crippen LogP contribution in [0.15, 0.2) is 54.6 Å². The number of rotatable bonds is 6. The summed E-state index contributed by atoms with van der Waals surface area (Å²) < 4.78 is 11.8. The normalized spacial score (nSPS) is 12.1. The topological polar surface area (TPSA) is 145 Å². The molecule has 0 aliphatic heterocycles. The number of fused-ring (bicyclic) bond motifs is 2. The summed E-state index contributed by atoms with van der Waals surface area (Å²) in [5.74, 6) is -3.98. The second-order valence-electron chi connectivity index (χ2n) is 9.04. The zero-order valence-electron chi connectivity index (χ0n) is 21.8. The Morgan fingerprint density at radius 3 is 2.20 bits per heavy atom. The number of ketones is 2. The van der Waals surface area contributed by atoms with Gasteiger partial charge < -0.3 is 19.7 Å². The van der Waals surface area contributed by atoms with Gasteiger partial charge in [-0.1, -0.05) is 24.3 Å². The molecule has 5 rings (SSSR count). The summed E-state index contributed by atoms with van der Waals surface area (Å²) in [6.45, 7) is 5.10. The fraction of sp³-hybridized carbons (Fsp3) is 0.167. The molecule has 0 saturated heterocycles. The Hall–Kier alpha value is -5.25. The summed E-state index contributed by atoms with van der Waals surface area (Å²) in [6, 6.07) is 13.7. The molecule has 10 nitrogen and oxygen atoms in total. The van der Waals surface area contributed by atoms with Crippen LogP contribution in [0.3, 0.4) is 0 Å². The van der Waals surface area contributed by atoms with Crippen LogP contribution < -0.4 is 0 Å². The third-order valence-electron chi connectivity index (χ3n) is 6.46. The molecule has 4 aromatic rings. The van der Waals surface area contributed by atoms with Crippen molar-refractivity contribution in [1.29, 1.82) is 0 Å². The molecule has 10 heteroatoms. The molecule has 2 N–H and O–H groups in total. The van der Waals surface area contributed by atoms with Gasteiger partial charge in [-0.3, -0.25) is 9.59 Å². The monoisotopic (exact) mass is 540 g/mol. The highest BCUT2D eigenvalue weighted by Crippen LogP contribution is 2.40. The van der Waals surface area contributed by atoms with E-state index in [0.29, 0.717) is 5.69 Å². The van der Waals surface area contributed by atoms with Crippen LogP contribution in [0.4, 0.5) is 0 Å². The molecular weight excluding hydrogens is 516 g/mol. The van der Waals surface area contributed by atoms with Crippen LogP contribution in [0.5, 0.6) is 11.5 Å². The first kappa shape index (κ1) is 26.4. The van der Waals surface area contributed by atoms with E-state index in [0.717, 1.165) is 5.56 Å². The summed E-state index contributed by atoms with van der Waals surface area (Å²) in [4.78, 5) is 53.1. The highest BCUT2D eigenvalue weighted by atomic mass is 16.5. The molecule has 1 aliphatic rings. The molecule has 0 unspecified atom stereocenters. The largest absolute Gasteiger partial charge is 0.507 e. The van der Waals surface area contributed by atoms with Gasteiger partial charge in [0, 0.05) is 16.7 Å². The number of carbonyl (C=O) groups is 4. The SMILES string of the molecule is CCOC(=O)c1c(-c2cc(O)c3c(c2)C(=O)c2cccc(O)c2C3=O)nn(-c2cccc(C)c2)c1C(=O)OCC. The molecule has 40 heavy (non-hydrogen) atoms. The minimum absolute atomic E-state index is 0.00112. The van der Waals surface area contributed by atoms with Crippen LogP contribution in [0.2, 0.25) is 0 Å². The molecular formula is C30H24N2O8. The smallest absolute Gasteiger partial charge is 0.357 e. The highest BCUT2D eigenvalue weighted by molar-refractivity contribution is 6.30. The standard InChI is InChI=1S/C30H24N2O8/c1-4-39-29(37)24-25(31-32(26(24)30(38)40-5-2)17-9-6-8-15(3)12-17)16-13-19-23(21(34)14-16)28(36)22-18(27(19)35)10-7-11-20(22)33/h6-14,33-34H,4-5H2,1-3H3. The lowest BCUT2D eigenvalue weighted by Crippen LogP contribution is -2.21. The van der Waals surface area contributed by atoms with Gasteiger partial charge in [-0.15, -0.1) is 0 Å². The number of aryl methyl sites for hydroxylation is 1. The van der Waals surface area contributed by atoms with E-state index in [1.807, 2.05) is 13.0 Å². The molecule has 1 aliphatic carbocycles. The molecule has 3 aromatic carbocycles. The lowest BCUT2D eigenvalue weighted by atomic mass is 9.82. The van der Waals surface area contributed by atoms with Crippen molar-refractivity contribution < 1.29 is 38.9 Å². The van der Waals surface area contributed by atoms with Crippen LogP contribution in [-0.2, 0) is 9.47 Å². The van der Waals surface area contributed by atoms with Crippen LogP contribution >= 0.6 is 0 Å². The fourth-order valence-electron chi connectivity index (χ4n) is 4.77. The zero-order chi connectivity index (χ0) is 28.7.